The lowest BCUT2D eigenvalue weighted by molar-refractivity contribution is 0.290. The molecule has 0 fully saturated rings. The number of phenolic OH excluding ortho intramolecular Hbond substituents is 2. The summed E-state index contributed by atoms with van der Waals surface area (Å²) in [7, 11) is 0. The average Bonchev–Trinajstić information content (AvgIpc) is 0.760. The standard InChI is InChI=1S/C102H120O8S10/c1-95(2,3)63-43-71-87(103)72(44-63)114-76-48-66(98(10,11)12)52-80-90(76)106-36-40-112-42-38-108-92-78-50-68(100(16,17)18)54-82(92)120-86-58-70(102(22,23)24)57-85(94(86)110-60-62-33-29-26-30-34-62)119-81-53-67(99(13,14)15)49-77(115-73-45-64(96(4,5)6)46-74(116-78)88(73)104)91(81)107-37-41-111-39-35-105-89-75(113-71)47-65(97(7,8)9)51-79(89)117-83-55-69(101(19,20)21)56-84(118-80)93(83)109-59-61-31-27-25-28-32-61/h25-34,43-58,103-104H,35-42,59-60H2,1-24H3. The highest BCUT2D eigenvalue weighted by Crippen LogP contribution is 2.60. The molecule has 0 unspecified atom stereocenters. The predicted molar refractivity (Wildman–Crippen MR) is 516 cm³/mol. The Morgan fingerprint density at radius 2 is 0.408 bits per heavy atom. The van der Waals surface area contributed by atoms with Crippen molar-refractivity contribution in [2.75, 3.05) is 49.4 Å². The van der Waals surface area contributed by atoms with Crippen LogP contribution in [0.2, 0.25) is 0 Å². The van der Waals surface area contributed by atoms with Gasteiger partial charge in [0.15, 0.2) is 0 Å². The molecule has 0 atom stereocenters. The second-order valence-corrected chi connectivity index (χ2v) is 50.6. The van der Waals surface area contributed by atoms with E-state index in [9.17, 15) is 10.2 Å². The van der Waals surface area contributed by atoms with Crippen molar-refractivity contribution < 1.29 is 38.6 Å². The Morgan fingerprint density at radius 3 is 0.592 bits per heavy atom. The number of phenols is 2. The summed E-state index contributed by atoms with van der Waals surface area (Å²) in [6.07, 6.45) is 0. The Labute approximate surface area is 759 Å². The molecule has 0 saturated heterocycles. The minimum absolute atomic E-state index is 0.207. The van der Waals surface area contributed by atoms with E-state index < -0.39 is 0 Å². The molecule has 18 heteroatoms. The number of aromatic hydroxyl groups is 2. The summed E-state index contributed by atoms with van der Waals surface area (Å²) in [6, 6.07) is 57.6. The van der Waals surface area contributed by atoms with Gasteiger partial charge in [0.05, 0.1) is 105 Å². The lowest BCUT2D eigenvalue weighted by Gasteiger charge is -2.28. The first-order valence-electron chi connectivity index (χ1n) is 41.6. The summed E-state index contributed by atoms with van der Waals surface area (Å²) in [6.45, 7) is 56.8. The van der Waals surface area contributed by atoms with Crippen LogP contribution < -0.4 is 28.4 Å². The molecular weight excluding hydrogens is 1670 g/mol. The molecule has 10 aromatic carbocycles. The van der Waals surface area contributed by atoms with Crippen LogP contribution >= 0.6 is 118 Å². The largest absolute Gasteiger partial charge is 0.506 e. The smallest absolute Gasteiger partial charge is 0.147 e. The summed E-state index contributed by atoms with van der Waals surface area (Å²) in [5.74, 6) is 7.51. The molecule has 4 heterocycles. The van der Waals surface area contributed by atoms with Crippen LogP contribution in [0.5, 0.6) is 46.0 Å². The van der Waals surface area contributed by atoms with E-state index in [1.165, 1.54) is 11.1 Å². The first-order valence-corrected chi connectivity index (χ1v) is 50.4. The first kappa shape index (κ1) is 91.8. The fourth-order valence-corrected chi connectivity index (χ4v) is 24.1. The lowest BCUT2D eigenvalue weighted by Crippen LogP contribution is -2.14. The van der Waals surface area contributed by atoms with Crippen LogP contribution in [0.3, 0.4) is 0 Å². The van der Waals surface area contributed by atoms with Crippen molar-refractivity contribution in [2.24, 2.45) is 0 Å². The fraction of sp³-hybridized carbons (Fsp3) is 0.412. The number of hydrogen-bond acceptors (Lipinski definition) is 18. The third kappa shape index (κ3) is 22.5. The van der Waals surface area contributed by atoms with E-state index >= 15 is 0 Å². The van der Waals surface area contributed by atoms with Crippen molar-refractivity contribution in [3.05, 3.63) is 213 Å². The molecule has 4 aliphatic heterocycles. The van der Waals surface area contributed by atoms with Gasteiger partial charge in [0, 0.05) is 23.0 Å². The first-order chi connectivity index (χ1) is 56.3. The lowest BCUT2D eigenvalue weighted by atomic mass is 9.87. The van der Waals surface area contributed by atoms with Gasteiger partial charge in [-0.1, -0.05) is 321 Å². The topological polar surface area (TPSA) is 95.8 Å². The highest BCUT2D eigenvalue weighted by atomic mass is 32.2. The molecule has 0 radical (unpaired) electrons. The van der Waals surface area contributed by atoms with E-state index in [4.69, 9.17) is 28.4 Å². The molecule has 0 aliphatic carbocycles. The molecule has 2 N–H and O–H groups in total. The number of fused-ring (bicyclic) bond motifs is 14. The van der Waals surface area contributed by atoms with Gasteiger partial charge in [0.2, 0.25) is 0 Å². The zero-order chi connectivity index (χ0) is 86.4. The Kier molecular flexibility index (Phi) is 28.3. The molecule has 8 nitrogen and oxygen atoms in total. The Balaban J connectivity index is 1.04. The SMILES string of the molecule is CC(C)(C)c1cc2c(O)c(c1)Sc1cc(C(C)(C)C)cc3c1OCCSCCOc1c4cc(C(C)(C)C)cc1Sc1cc(C(C)(C)C)cc(c1OCc1ccccc1)Sc1cc(C(C)(C)C)cc(c1OCCSCCOc1c(cc(C(C)(C)C)cc1Sc1cc(C(C)(C)C)cc(c1OCc1ccccc1)S3)S2)Sc1cc(C(C)(C)C)cc(c1O)S4. The molecule has 14 rings (SSSR count). The molecule has 4 aliphatic rings. The van der Waals surface area contributed by atoms with Gasteiger partial charge in [0.25, 0.3) is 0 Å². The molecule has 0 amide bonds. The van der Waals surface area contributed by atoms with Crippen LogP contribution in [-0.2, 0) is 56.5 Å². The second-order valence-electron chi connectivity index (χ2n) is 39.4. The van der Waals surface area contributed by atoms with E-state index in [-0.39, 0.29) is 54.8 Å². The van der Waals surface area contributed by atoms with E-state index in [2.05, 4.69) is 324 Å². The number of thioether (sulfide) groups is 2. The molecular formula is C102H120O8S10. The van der Waals surface area contributed by atoms with Crippen LogP contribution in [0.1, 0.15) is 222 Å². The maximum absolute atomic E-state index is 13.3. The van der Waals surface area contributed by atoms with Crippen molar-refractivity contribution in [2.45, 2.75) is 301 Å². The van der Waals surface area contributed by atoms with Crippen LogP contribution in [0.15, 0.2) is 236 Å². The molecule has 0 spiro atoms. The van der Waals surface area contributed by atoms with Gasteiger partial charge in [-0.2, -0.15) is 23.5 Å². The summed E-state index contributed by atoms with van der Waals surface area (Å²) >= 11 is 16.6. The minimum atomic E-state index is -0.294. The molecule has 0 aromatic heterocycles. The van der Waals surface area contributed by atoms with E-state index in [1.807, 2.05) is 0 Å². The van der Waals surface area contributed by atoms with E-state index in [1.54, 1.807) is 118 Å². The van der Waals surface area contributed by atoms with Gasteiger partial charge in [-0.05, 0) is 196 Å². The average molecular weight is 1790 g/mol. The summed E-state index contributed by atoms with van der Waals surface area (Å²) in [5, 5.41) is 26.6. The quantitative estimate of drug-likeness (QED) is 0.165. The normalized spacial score (nSPS) is 15.1. The molecule has 20 bridgehead atoms. The number of ether oxygens (including phenoxy) is 6. The molecule has 636 valence electrons. The Morgan fingerprint density at radius 1 is 0.242 bits per heavy atom. The van der Waals surface area contributed by atoms with E-state index in [0.717, 1.165) is 157 Å². The van der Waals surface area contributed by atoms with Crippen molar-refractivity contribution in [3.8, 4) is 46.0 Å². The summed E-state index contributed by atoms with van der Waals surface area (Å²) in [5.41, 5.74) is 8.92. The number of rotatable bonds is 6. The minimum Gasteiger partial charge on any atom is -0.506 e. The van der Waals surface area contributed by atoms with Crippen molar-refractivity contribution in [1.82, 2.24) is 0 Å². The number of hydrogen-bond donors (Lipinski definition) is 2. The summed E-state index contributed by atoms with van der Waals surface area (Å²) < 4.78 is 44.7. The maximum atomic E-state index is 13.3. The summed E-state index contributed by atoms with van der Waals surface area (Å²) in [4.78, 5) is 14.2. The van der Waals surface area contributed by atoms with Gasteiger partial charge >= 0.3 is 0 Å². The molecule has 120 heavy (non-hydrogen) atoms. The maximum Gasteiger partial charge on any atom is 0.147 e. The van der Waals surface area contributed by atoms with Crippen LogP contribution in [0, 0.1) is 0 Å². The third-order valence-corrected chi connectivity index (χ3v) is 31.5. The monoisotopic (exact) mass is 1790 g/mol. The van der Waals surface area contributed by atoms with Gasteiger partial charge in [-0.25, -0.2) is 0 Å². The Hall–Kier alpha value is -5.90. The van der Waals surface area contributed by atoms with E-state index in [0.29, 0.717) is 62.7 Å². The van der Waals surface area contributed by atoms with Crippen LogP contribution in [0.4, 0.5) is 0 Å². The molecule has 10 aromatic rings. The fourth-order valence-electron chi connectivity index (χ4n) is 13.6. The Bertz CT molecular complexity index is 4810. The van der Waals surface area contributed by atoms with Crippen molar-refractivity contribution in [1.29, 1.82) is 0 Å². The predicted octanol–water partition coefficient (Wildman–Crippen LogP) is 31.2. The molecule has 0 saturated carbocycles. The second kappa shape index (κ2) is 37.0. The van der Waals surface area contributed by atoms with Crippen LogP contribution in [0.25, 0.3) is 0 Å². The van der Waals surface area contributed by atoms with Gasteiger partial charge in [0.1, 0.15) is 59.2 Å². The highest BCUT2D eigenvalue weighted by Gasteiger charge is 2.35. The van der Waals surface area contributed by atoms with Crippen molar-refractivity contribution in [3.63, 3.8) is 0 Å². The zero-order valence-corrected chi connectivity index (χ0v) is 82.7. The van der Waals surface area contributed by atoms with Crippen LogP contribution in [-0.4, -0.2) is 59.7 Å². The van der Waals surface area contributed by atoms with Gasteiger partial charge in [-0.3, -0.25) is 0 Å². The number of benzene rings is 10. The zero-order valence-electron chi connectivity index (χ0n) is 74.5. The van der Waals surface area contributed by atoms with Gasteiger partial charge in [-0.15, -0.1) is 0 Å². The third-order valence-electron chi connectivity index (χ3n) is 21.2. The van der Waals surface area contributed by atoms with Gasteiger partial charge < -0.3 is 38.6 Å². The van der Waals surface area contributed by atoms with Crippen molar-refractivity contribution >= 4 is 118 Å². The highest BCUT2D eigenvalue weighted by molar-refractivity contribution is 8.02.